The van der Waals surface area contributed by atoms with Gasteiger partial charge in [-0.2, -0.15) is 0 Å². The number of nitrogens with zero attached hydrogens (tertiary/aromatic N) is 1. The predicted octanol–water partition coefficient (Wildman–Crippen LogP) is 1.86. The molecule has 0 saturated carbocycles. The maximum atomic E-state index is 11.7. The number of aromatic amines is 1. The van der Waals surface area contributed by atoms with Crippen LogP contribution in [0.15, 0.2) is 39.6 Å². The van der Waals surface area contributed by atoms with E-state index in [0.717, 1.165) is 22.3 Å². The summed E-state index contributed by atoms with van der Waals surface area (Å²) in [7, 11) is 1.66. The van der Waals surface area contributed by atoms with Crippen molar-refractivity contribution in [1.29, 1.82) is 0 Å². The van der Waals surface area contributed by atoms with Crippen molar-refractivity contribution < 1.29 is 4.74 Å². The molecule has 2 rings (SSSR count). The second-order valence-electron chi connectivity index (χ2n) is 4.66. The average Bonchev–Trinajstić information content (AvgIpc) is 2.43. The number of rotatable bonds is 7. The van der Waals surface area contributed by atoms with Gasteiger partial charge in [-0.1, -0.05) is 28.1 Å². The van der Waals surface area contributed by atoms with Crippen molar-refractivity contribution in [1.82, 2.24) is 15.3 Å². The number of nitrogens with one attached hydrogen (secondary N) is 2. The van der Waals surface area contributed by atoms with Crippen LogP contribution in [0, 0.1) is 0 Å². The molecule has 0 radical (unpaired) electrons. The highest BCUT2D eigenvalue weighted by molar-refractivity contribution is 9.10. The van der Waals surface area contributed by atoms with Gasteiger partial charge in [0.25, 0.3) is 5.56 Å². The van der Waals surface area contributed by atoms with E-state index in [1.807, 2.05) is 24.3 Å². The van der Waals surface area contributed by atoms with Crippen LogP contribution in [-0.4, -0.2) is 30.2 Å². The van der Waals surface area contributed by atoms with Gasteiger partial charge in [0.15, 0.2) is 0 Å². The lowest BCUT2D eigenvalue weighted by molar-refractivity contribution is 0.199. The third-order valence-electron chi connectivity index (χ3n) is 2.89. The summed E-state index contributed by atoms with van der Waals surface area (Å²) in [6.07, 6.45) is 0.598. The first-order chi connectivity index (χ1) is 10.2. The third kappa shape index (κ3) is 5.41. The van der Waals surface area contributed by atoms with Gasteiger partial charge in [0, 0.05) is 37.2 Å². The summed E-state index contributed by atoms with van der Waals surface area (Å²) in [5, 5.41) is 3.18. The Kier molecular flexibility index (Phi) is 6.10. The Bertz CT molecular complexity index is 643. The molecule has 0 bridgehead atoms. The highest BCUT2D eigenvalue weighted by atomic mass is 79.9. The topological polar surface area (TPSA) is 67.0 Å². The predicted molar refractivity (Wildman–Crippen MR) is 85.4 cm³/mol. The van der Waals surface area contributed by atoms with Gasteiger partial charge in [-0.3, -0.25) is 4.79 Å². The van der Waals surface area contributed by atoms with E-state index < -0.39 is 0 Å². The molecular weight excluding hydrogens is 334 g/mol. The second-order valence-corrected chi connectivity index (χ2v) is 5.58. The lowest BCUT2D eigenvalue weighted by Gasteiger charge is -2.06. The maximum absolute atomic E-state index is 11.7. The monoisotopic (exact) mass is 351 g/mol. The summed E-state index contributed by atoms with van der Waals surface area (Å²) >= 11 is 3.44. The van der Waals surface area contributed by atoms with E-state index in [1.165, 1.54) is 6.07 Å². The average molecular weight is 352 g/mol. The van der Waals surface area contributed by atoms with Crippen molar-refractivity contribution in [2.24, 2.45) is 0 Å². The molecule has 112 valence electrons. The number of benzene rings is 1. The Morgan fingerprint density at radius 1 is 1.38 bits per heavy atom. The van der Waals surface area contributed by atoms with Gasteiger partial charge >= 0.3 is 0 Å². The van der Waals surface area contributed by atoms with Crippen molar-refractivity contribution >= 4 is 15.9 Å². The van der Waals surface area contributed by atoms with Crippen LogP contribution in [0.3, 0.4) is 0 Å². The second kappa shape index (κ2) is 8.07. The fourth-order valence-electron chi connectivity index (χ4n) is 1.97. The molecule has 21 heavy (non-hydrogen) atoms. The first-order valence-corrected chi connectivity index (χ1v) is 7.50. The molecule has 1 aromatic carbocycles. The van der Waals surface area contributed by atoms with Gasteiger partial charge in [0.1, 0.15) is 5.82 Å². The van der Waals surface area contributed by atoms with E-state index in [2.05, 4.69) is 31.2 Å². The van der Waals surface area contributed by atoms with E-state index in [-0.39, 0.29) is 5.56 Å². The molecule has 5 nitrogen and oxygen atoms in total. The summed E-state index contributed by atoms with van der Waals surface area (Å²) < 4.78 is 5.98. The molecule has 0 aliphatic carbocycles. The Labute approximate surface area is 131 Å². The molecule has 0 aliphatic rings. The molecule has 2 aromatic rings. The third-order valence-corrected chi connectivity index (χ3v) is 3.39. The number of H-pyrrole nitrogens is 1. The molecule has 2 N–H and O–H groups in total. The summed E-state index contributed by atoms with van der Waals surface area (Å²) in [4.78, 5) is 19.0. The van der Waals surface area contributed by atoms with E-state index in [4.69, 9.17) is 4.74 Å². The van der Waals surface area contributed by atoms with Crippen molar-refractivity contribution in [3.05, 3.63) is 62.2 Å². The van der Waals surface area contributed by atoms with Gasteiger partial charge < -0.3 is 15.0 Å². The van der Waals surface area contributed by atoms with E-state index >= 15 is 0 Å². The highest BCUT2D eigenvalue weighted by Gasteiger charge is 2.03. The Hall–Kier alpha value is -1.50. The van der Waals surface area contributed by atoms with Crippen LogP contribution >= 0.6 is 15.9 Å². The summed E-state index contributed by atoms with van der Waals surface area (Å²) in [6.45, 7) is 1.92. The van der Waals surface area contributed by atoms with Gasteiger partial charge in [-0.25, -0.2) is 4.98 Å². The highest BCUT2D eigenvalue weighted by Crippen LogP contribution is 2.13. The van der Waals surface area contributed by atoms with Crippen molar-refractivity contribution in [2.45, 2.75) is 13.0 Å². The fraction of sp³-hybridized carbons (Fsp3) is 0.333. The largest absolute Gasteiger partial charge is 0.383 e. The van der Waals surface area contributed by atoms with E-state index in [0.29, 0.717) is 25.4 Å². The Morgan fingerprint density at radius 2 is 2.24 bits per heavy atom. The van der Waals surface area contributed by atoms with Crippen LogP contribution in [0.25, 0.3) is 0 Å². The minimum absolute atomic E-state index is 0.126. The molecule has 6 heteroatoms. The zero-order valence-corrected chi connectivity index (χ0v) is 13.4. The molecule has 0 fully saturated rings. The van der Waals surface area contributed by atoms with Crippen LogP contribution in [0.2, 0.25) is 0 Å². The first kappa shape index (κ1) is 15.9. The minimum Gasteiger partial charge on any atom is -0.383 e. The van der Waals surface area contributed by atoms with Crippen LogP contribution in [-0.2, 0) is 17.7 Å². The Morgan fingerprint density at radius 3 is 3.00 bits per heavy atom. The lowest BCUT2D eigenvalue weighted by atomic mass is 10.1. The van der Waals surface area contributed by atoms with Crippen molar-refractivity contribution in [3.8, 4) is 0 Å². The molecule has 0 saturated heterocycles. The summed E-state index contributed by atoms with van der Waals surface area (Å²) in [5.41, 5.74) is 1.70. The summed E-state index contributed by atoms with van der Waals surface area (Å²) in [5.74, 6) is 0.671. The van der Waals surface area contributed by atoms with E-state index in [1.54, 1.807) is 7.11 Å². The minimum atomic E-state index is -0.126. The Balaban J connectivity index is 2.06. The normalized spacial score (nSPS) is 10.8. The molecule has 0 spiro atoms. The van der Waals surface area contributed by atoms with Crippen LogP contribution in [0.4, 0.5) is 0 Å². The molecule has 0 aliphatic heterocycles. The van der Waals surface area contributed by atoms with Gasteiger partial charge in [-0.15, -0.1) is 0 Å². The van der Waals surface area contributed by atoms with E-state index in [9.17, 15) is 4.79 Å². The van der Waals surface area contributed by atoms with Crippen LogP contribution in [0.1, 0.15) is 17.1 Å². The van der Waals surface area contributed by atoms with Gasteiger partial charge in [-0.05, 0) is 17.7 Å². The molecule has 1 aromatic heterocycles. The maximum Gasteiger partial charge on any atom is 0.251 e. The quantitative estimate of drug-likeness (QED) is 0.747. The molecule has 0 atom stereocenters. The fourth-order valence-corrected chi connectivity index (χ4v) is 2.42. The van der Waals surface area contributed by atoms with Gasteiger partial charge in [0.2, 0.25) is 0 Å². The zero-order valence-electron chi connectivity index (χ0n) is 11.9. The van der Waals surface area contributed by atoms with Crippen molar-refractivity contribution in [2.75, 3.05) is 20.3 Å². The number of hydrogen-bond acceptors (Lipinski definition) is 4. The zero-order chi connectivity index (χ0) is 15.1. The number of halogens is 1. The van der Waals surface area contributed by atoms with Crippen molar-refractivity contribution in [3.63, 3.8) is 0 Å². The molecule has 1 heterocycles. The molecule has 0 unspecified atom stereocenters. The van der Waals surface area contributed by atoms with Crippen LogP contribution in [0.5, 0.6) is 0 Å². The standard InChI is InChI=1S/C15H18BrN3O2/c1-21-6-5-17-10-13-9-15(20)19-14(18-13)8-11-3-2-4-12(16)7-11/h2-4,7,9,17H,5-6,8,10H2,1H3,(H,18,19,20). The number of methoxy groups -OCH3 is 1. The SMILES string of the molecule is COCCNCc1cc(=O)[nH]c(Cc2cccc(Br)c2)n1. The summed E-state index contributed by atoms with van der Waals surface area (Å²) in [6, 6.07) is 9.48. The lowest BCUT2D eigenvalue weighted by Crippen LogP contribution is -2.22. The van der Waals surface area contributed by atoms with Crippen LogP contribution < -0.4 is 10.9 Å². The first-order valence-electron chi connectivity index (χ1n) is 6.70. The molecular formula is C15H18BrN3O2. The number of aromatic nitrogens is 2. The van der Waals surface area contributed by atoms with Gasteiger partial charge in [0.05, 0.1) is 12.3 Å². The molecule has 0 amide bonds. The number of ether oxygens (including phenoxy) is 1. The number of hydrogen-bond donors (Lipinski definition) is 2. The smallest absolute Gasteiger partial charge is 0.251 e.